The summed E-state index contributed by atoms with van der Waals surface area (Å²) < 4.78 is 13.5. The Morgan fingerprint density at radius 1 is 1.04 bits per heavy atom. The molecule has 0 amide bonds. The third-order valence-electron chi connectivity index (χ3n) is 4.10. The lowest BCUT2D eigenvalue weighted by Crippen LogP contribution is -2.20. The number of benzene rings is 2. The Kier molecular flexibility index (Phi) is 4.60. The number of nitrogens with zero attached hydrogens (tertiary/aromatic N) is 2. The third-order valence-corrected chi connectivity index (χ3v) is 4.10. The Hall–Kier alpha value is -2.69. The number of nitrogen functional groups attached to an aromatic ring is 1. The van der Waals surface area contributed by atoms with Crippen LogP contribution in [0.25, 0.3) is 10.9 Å². The van der Waals surface area contributed by atoms with Gasteiger partial charge in [-0.25, -0.2) is 14.4 Å². The summed E-state index contributed by atoms with van der Waals surface area (Å²) in [5, 5.41) is 4.13. The highest BCUT2D eigenvalue weighted by molar-refractivity contribution is 5.88. The highest BCUT2D eigenvalue weighted by atomic mass is 19.1. The molecule has 3 N–H and O–H groups in total. The summed E-state index contributed by atoms with van der Waals surface area (Å²) in [6.07, 6.45) is 3.31. The van der Waals surface area contributed by atoms with Crippen LogP contribution in [0.4, 0.5) is 15.9 Å². The third kappa shape index (κ3) is 3.15. The molecule has 3 aromatic rings. The second-order valence-electron chi connectivity index (χ2n) is 5.66. The van der Waals surface area contributed by atoms with Crippen LogP contribution in [-0.2, 0) is 12.8 Å². The molecule has 0 spiro atoms. The van der Waals surface area contributed by atoms with Gasteiger partial charge >= 0.3 is 0 Å². The summed E-state index contributed by atoms with van der Waals surface area (Å²) in [4.78, 5) is 8.45. The second kappa shape index (κ2) is 6.83. The molecule has 24 heavy (non-hydrogen) atoms. The number of hydrogen-bond donors (Lipinski definition) is 2. The van der Waals surface area contributed by atoms with Gasteiger partial charge in [0.2, 0.25) is 0 Å². The molecule has 0 bridgehead atoms. The van der Waals surface area contributed by atoms with Gasteiger partial charge < -0.3 is 11.1 Å². The van der Waals surface area contributed by atoms with Gasteiger partial charge in [0.1, 0.15) is 18.0 Å². The van der Waals surface area contributed by atoms with Crippen LogP contribution in [0.3, 0.4) is 0 Å². The van der Waals surface area contributed by atoms with E-state index in [2.05, 4.69) is 21.4 Å². The normalized spacial score (nSPS) is 15.5. The molecule has 4 rings (SSSR count). The van der Waals surface area contributed by atoms with Gasteiger partial charge in [-0.2, -0.15) is 0 Å². The molecular weight excluding hydrogens is 303 g/mol. The summed E-state index contributed by atoms with van der Waals surface area (Å²) in [6, 6.07) is 10.8. The van der Waals surface area contributed by atoms with Crippen LogP contribution in [0.5, 0.6) is 0 Å². The zero-order valence-electron chi connectivity index (χ0n) is 13.9. The molecule has 4 nitrogen and oxygen atoms in total. The predicted octanol–water partition coefficient (Wildman–Crippen LogP) is 3.96. The molecule has 1 aliphatic carbocycles. The molecule has 1 aliphatic rings. The van der Waals surface area contributed by atoms with Crippen molar-refractivity contribution in [3.63, 3.8) is 0 Å². The summed E-state index contributed by atoms with van der Waals surface area (Å²) in [5.74, 6) is 0.392. The smallest absolute Gasteiger partial charge is 0.137 e. The number of anilines is 2. The average molecular weight is 324 g/mol. The Labute approximate surface area is 140 Å². The van der Waals surface area contributed by atoms with Crippen LogP contribution in [0.1, 0.15) is 25.0 Å². The van der Waals surface area contributed by atoms with E-state index in [-0.39, 0.29) is 11.9 Å². The van der Waals surface area contributed by atoms with Gasteiger partial charge in [0.25, 0.3) is 0 Å². The molecule has 1 unspecified atom stereocenters. The Morgan fingerprint density at radius 3 is 2.67 bits per heavy atom. The largest absolute Gasteiger partial charge is 0.399 e. The monoisotopic (exact) mass is 324 g/mol. The van der Waals surface area contributed by atoms with E-state index in [9.17, 15) is 4.39 Å². The quantitative estimate of drug-likeness (QED) is 0.701. The number of nitrogens with two attached hydrogens (primary N) is 1. The van der Waals surface area contributed by atoms with Crippen molar-refractivity contribution < 1.29 is 4.39 Å². The van der Waals surface area contributed by atoms with E-state index in [1.165, 1.54) is 29.6 Å². The van der Waals surface area contributed by atoms with Gasteiger partial charge in [-0.3, -0.25) is 0 Å². The first-order valence-corrected chi connectivity index (χ1v) is 8.23. The van der Waals surface area contributed by atoms with E-state index >= 15 is 0 Å². The SMILES string of the molecule is CC.Nc1ccc2c(c1)CC(Nc1ncnc3ccc(F)cc13)C2. The highest BCUT2D eigenvalue weighted by Crippen LogP contribution is 2.28. The van der Waals surface area contributed by atoms with E-state index < -0.39 is 0 Å². The molecule has 0 radical (unpaired) electrons. The fraction of sp³-hybridized carbons (Fsp3) is 0.263. The number of rotatable bonds is 2. The molecule has 124 valence electrons. The number of fused-ring (bicyclic) bond motifs is 2. The van der Waals surface area contributed by atoms with Gasteiger partial charge in [0.05, 0.1) is 5.52 Å². The summed E-state index contributed by atoms with van der Waals surface area (Å²) in [6.45, 7) is 4.00. The molecule has 1 atom stereocenters. The van der Waals surface area contributed by atoms with Gasteiger partial charge in [-0.1, -0.05) is 19.9 Å². The van der Waals surface area contributed by atoms with Crippen molar-refractivity contribution in [1.82, 2.24) is 9.97 Å². The van der Waals surface area contributed by atoms with E-state index in [1.54, 1.807) is 6.07 Å². The van der Waals surface area contributed by atoms with E-state index in [0.717, 1.165) is 24.0 Å². The van der Waals surface area contributed by atoms with Crippen molar-refractivity contribution >= 4 is 22.4 Å². The summed E-state index contributed by atoms with van der Waals surface area (Å²) in [7, 11) is 0. The molecule has 1 heterocycles. The zero-order chi connectivity index (χ0) is 17.1. The van der Waals surface area contributed by atoms with Gasteiger partial charge in [-0.15, -0.1) is 0 Å². The maximum atomic E-state index is 13.5. The Bertz CT molecular complexity index is 863. The molecule has 1 aromatic heterocycles. The lowest BCUT2D eigenvalue weighted by Gasteiger charge is -2.14. The number of aromatic nitrogens is 2. The van der Waals surface area contributed by atoms with Crippen molar-refractivity contribution in [1.29, 1.82) is 0 Å². The minimum Gasteiger partial charge on any atom is -0.399 e. The van der Waals surface area contributed by atoms with Gasteiger partial charge in [0.15, 0.2) is 0 Å². The van der Waals surface area contributed by atoms with Crippen molar-refractivity contribution in [3.05, 3.63) is 59.7 Å². The van der Waals surface area contributed by atoms with Crippen LogP contribution in [0, 0.1) is 5.82 Å². The standard InChI is InChI=1S/C17H15FN4.C2H6/c18-12-2-4-16-15(8-12)17(21-9-20-16)22-14-6-10-1-3-13(19)5-11(10)7-14;1-2/h1-5,8-9,14H,6-7,19H2,(H,20,21,22);1-2H3. The van der Waals surface area contributed by atoms with Crippen LogP contribution >= 0.6 is 0 Å². The molecule has 5 heteroatoms. The maximum absolute atomic E-state index is 13.5. The fourth-order valence-corrected chi connectivity index (χ4v) is 3.08. The van der Waals surface area contributed by atoms with E-state index in [4.69, 9.17) is 5.73 Å². The highest BCUT2D eigenvalue weighted by Gasteiger charge is 2.22. The minimum atomic E-state index is -0.284. The summed E-state index contributed by atoms with van der Waals surface area (Å²) in [5.41, 5.74) is 9.93. The first-order chi connectivity index (χ1) is 11.7. The van der Waals surface area contributed by atoms with Gasteiger partial charge in [0, 0.05) is 17.1 Å². The van der Waals surface area contributed by atoms with Gasteiger partial charge in [-0.05, 0) is 54.3 Å². The summed E-state index contributed by atoms with van der Waals surface area (Å²) >= 11 is 0. The lowest BCUT2D eigenvalue weighted by atomic mass is 10.1. The topological polar surface area (TPSA) is 63.8 Å². The van der Waals surface area contributed by atoms with Crippen LogP contribution in [0.2, 0.25) is 0 Å². The number of halogens is 1. The molecule has 0 saturated carbocycles. The molecule has 0 fully saturated rings. The minimum absolute atomic E-state index is 0.234. The van der Waals surface area contributed by atoms with E-state index in [1.807, 2.05) is 26.0 Å². The zero-order valence-corrected chi connectivity index (χ0v) is 13.9. The first kappa shape index (κ1) is 16.2. The van der Waals surface area contributed by atoms with Crippen molar-refractivity contribution in [3.8, 4) is 0 Å². The second-order valence-corrected chi connectivity index (χ2v) is 5.66. The molecule has 0 saturated heterocycles. The Morgan fingerprint density at radius 2 is 1.83 bits per heavy atom. The van der Waals surface area contributed by atoms with Crippen molar-refractivity contribution in [2.24, 2.45) is 0 Å². The van der Waals surface area contributed by atoms with Crippen LogP contribution in [-0.4, -0.2) is 16.0 Å². The molecule has 0 aliphatic heterocycles. The first-order valence-electron chi connectivity index (χ1n) is 8.23. The predicted molar refractivity (Wildman–Crippen MR) is 96.5 cm³/mol. The maximum Gasteiger partial charge on any atom is 0.137 e. The van der Waals surface area contributed by atoms with Crippen LogP contribution < -0.4 is 11.1 Å². The molecule has 2 aromatic carbocycles. The van der Waals surface area contributed by atoms with Crippen LogP contribution in [0.15, 0.2) is 42.7 Å². The fourth-order valence-electron chi connectivity index (χ4n) is 3.08. The Balaban J connectivity index is 0.000000815. The number of hydrogen-bond acceptors (Lipinski definition) is 4. The van der Waals surface area contributed by atoms with E-state index in [0.29, 0.717) is 11.2 Å². The molecular formula is C19H21FN4. The van der Waals surface area contributed by atoms with Crippen molar-refractivity contribution in [2.45, 2.75) is 32.7 Å². The lowest BCUT2D eigenvalue weighted by molar-refractivity contribution is 0.629. The van der Waals surface area contributed by atoms with Crippen molar-refractivity contribution in [2.75, 3.05) is 11.1 Å². The average Bonchev–Trinajstić information content (AvgIpc) is 2.98. The number of nitrogens with one attached hydrogen (secondary N) is 1.